The van der Waals surface area contributed by atoms with E-state index in [4.69, 9.17) is 4.74 Å². The molecule has 0 atom stereocenters. The number of ether oxygens (including phenoxy) is 1. The maximum atomic E-state index is 12.9. The molecule has 0 saturated carbocycles. The molecule has 0 radical (unpaired) electrons. The van der Waals surface area contributed by atoms with E-state index in [9.17, 15) is 14.0 Å². The van der Waals surface area contributed by atoms with Gasteiger partial charge in [0, 0.05) is 30.9 Å². The highest BCUT2D eigenvalue weighted by Crippen LogP contribution is 2.24. The van der Waals surface area contributed by atoms with E-state index in [1.54, 1.807) is 23.1 Å². The third kappa shape index (κ3) is 5.53. The lowest BCUT2D eigenvalue weighted by Crippen LogP contribution is -2.33. The summed E-state index contributed by atoms with van der Waals surface area (Å²) in [4.78, 5) is 27.7. The van der Waals surface area contributed by atoms with Crippen molar-refractivity contribution in [3.8, 4) is 5.75 Å². The Hall–Kier alpha value is -2.93. The van der Waals surface area contributed by atoms with Crippen LogP contribution in [-0.2, 0) is 9.59 Å². The Bertz CT molecular complexity index is 826. The Kier molecular flexibility index (Phi) is 6.60. The molecule has 0 unspecified atom stereocenters. The molecule has 1 aliphatic rings. The van der Waals surface area contributed by atoms with E-state index in [0.717, 1.165) is 12.1 Å². The van der Waals surface area contributed by atoms with Gasteiger partial charge in [0.15, 0.2) is 0 Å². The maximum absolute atomic E-state index is 12.9. The summed E-state index contributed by atoms with van der Waals surface area (Å²) >= 11 is 0. The van der Waals surface area contributed by atoms with Crippen molar-refractivity contribution in [1.82, 2.24) is 4.90 Å². The van der Waals surface area contributed by atoms with E-state index >= 15 is 0 Å². The number of likely N-dealkylation sites (N-methyl/N-ethyl adjacent to an activating group) is 1. The topological polar surface area (TPSA) is 61.9 Å². The summed E-state index contributed by atoms with van der Waals surface area (Å²) < 4.78 is 18.4. The standard InChI is InChI=1S/C21H24FN3O3/c1-24(12-13-28-19-9-7-16(22)8-10-19)15-20(26)23-17-4-2-5-18(14-17)25-11-3-6-21(25)27/h2,4-5,7-10,14H,3,6,11-13,15H2,1H3,(H,23,26). The van der Waals surface area contributed by atoms with Gasteiger partial charge >= 0.3 is 0 Å². The quantitative estimate of drug-likeness (QED) is 0.759. The van der Waals surface area contributed by atoms with Gasteiger partial charge in [0.05, 0.1) is 6.54 Å². The summed E-state index contributed by atoms with van der Waals surface area (Å²) in [6.07, 6.45) is 1.43. The average molecular weight is 385 g/mol. The molecule has 28 heavy (non-hydrogen) atoms. The highest BCUT2D eigenvalue weighted by molar-refractivity contribution is 5.97. The Balaban J connectivity index is 1.44. The van der Waals surface area contributed by atoms with Gasteiger partial charge in [-0.3, -0.25) is 14.5 Å². The predicted molar refractivity (Wildman–Crippen MR) is 106 cm³/mol. The molecule has 3 rings (SSSR count). The highest BCUT2D eigenvalue weighted by atomic mass is 19.1. The number of nitrogens with zero attached hydrogens (tertiary/aromatic N) is 2. The molecule has 0 bridgehead atoms. The van der Waals surface area contributed by atoms with Gasteiger partial charge in [-0.05, 0) is 55.9 Å². The van der Waals surface area contributed by atoms with Crippen LogP contribution in [0.1, 0.15) is 12.8 Å². The molecule has 0 aromatic heterocycles. The van der Waals surface area contributed by atoms with E-state index < -0.39 is 0 Å². The molecule has 2 amide bonds. The Morgan fingerprint density at radius 1 is 1.25 bits per heavy atom. The van der Waals surface area contributed by atoms with E-state index in [1.807, 2.05) is 30.1 Å². The summed E-state index contributed by atoms with van der Waals surface area (Å²) in [5, 5.41) is 2.86. The normalized spacial score (nSPS) is 13.8. The van der Waals surface area contributed by atoms with E-state index in [1.165, 1.54) is 12.1 Å². The Morgan fingerprint density at radius 2 is 2.04 bits per heavy atom. The fourth-order valence-corrected chi connectivity index (χ4v) is 3.05. The number of anilines is 2. The summed E-state index contributed by atoms with van der Waals surface area (Å²) in [6, 6.07) is 13.2. The van der Waals surface area contributed by atoms with Crippen LogP contribution in [0.4, 0.5) is 15.8 Å². The van der Waals surface area contributed by atoms with Gasteiger partial charge in [-0.15, -0.1) is 0 Å². The van der Waals surface area contributed by atoms with Crippen LogP contribution in [0, 0.1) is 5.82 Å². The molecule has 1 aliphatic heterocycles. The molecule has 1 fully saturated rings. The second-order valence-corrected chi connectivity index (χ2v) is 6.79. The molecule has 0 aliphatic carbocycles. The lowest BCUT2D eigenvalue weighted by Gasteiger charge is -2.18. The largest absolute Gasteiger partial charge is 0.492 e. The van der Waals surface area contributed by atoms with Gasteiger partial charge in [-0.1, -0.05) is 6.07 Å². The summed E-state index contributed by atoms with van der Waals surface area (Å²) in [6.45, 7) is 1.86. The molecule has 7 heteroatoms. The van der Waals surface area contributed by atoms with Gasteiger partial charge in [0.2, 0.25) is 11.8 Å². The average Bonchev–Trinajstić information content (AvgIpc) is 3.09. The fraction of sp³-hybridized carbons (Fsp3) is 0.333. The fourth-order valence-electron chi connectivity index (χ4n) is 3.05. The third-order valence-electron chi connectivity index (χ3n) is 4.48. The Morgan fingerprint density at radius 3 is 2.75 bits per heavy atom. The number of carbonyl (C=O) groups is 2. The van der Waals surface area contributed by atoms with E-state index in [-0.39, 0.29) is 24.2 Å². The van der Waals surface area contributed by atoms with Crippen molar-refractivity contribution >= 4 is 23.2 Å². The number of halogens is 1. The first-order chi connectivity index (χ1) is 13.5. The number of hydrogen-bond donors (Lipinski definition) is 1. The smallest absolute Gasteiger partial charge is 0.238 e. The predicted octanol–water partition coefficient (Wildman–Crippen LogP) is 2.90. The van der Waals surface area contributed by atoms with Crippen molar-refractivity contribution in [3.63, 3.8) is 0 Å². The summed E-state index contributed by atoms with van der Waals surface area (Å²) in [5.74, 6) is 0.255. The number of nitrogens with one attached hydrogen (secondary N) is 1. The maximum Gasteiger partial charge on any atom is 0.238 e. The van der Waals surface area contributed by atoms with Crippen molar-refractivity contribution < 1.29 is 18.7 Å². The first-order valence-electron chi connectivity index (χ1n) is 9.28. The van der Waals surface area contributed by atoms with Crippen molar-refractivity contribution in [3.05, 3.63) is 54.3 Å². The van der Waals surface area contributed by atoms with Gasteiger partial charge in [0.1, 0.15) is 18.2 Å². The number of amides is 2. The van der Waals surface area contributed by atoms with Crippen LogP contribution in [0.15, 0.2) is 48.5 Å². The van der Waals surface area contributed by atoms with Crippen LogP contribution in [0.3, 0.4) is 0 Å². The lowest BCUT2D eigenvalue weighted by molar-refractivity contribution is -0.117. The van der Waals surface area contributed by atoms with Crippen molar-refractivity contribution in [2.75, 3.05) is 43.5 Å². The van der Waals surface area contributed by atoms with Crippen LogP contribution in [0.5, 0.6) is 5.75 Å². The van der Waals surface area contributed by atoms with Gasteiger partial charge in [-0.2, -0.15) is 0 Å². The van der Waals surface area contributed by atoms with Crippen LogP contribution in [0.2, 0.25) is 0 Å². The molecule has 1 N–H and O–H groups in total. The minimum Gasteiger partial charge on any atom is -0.492 e. The zero-order valence-corrected chi connectivity index (χ0v) is 15.9. The number of carbonyl (C=O) groups excluding carboxylic acids is 2. The number of rotatable bonds is 8. The molecule has 2 aromatic carbocycles. The molecular weight excluding hydrogens is 361 g/mol. The zero-order valence-electron chi connectivity index (χ0n) is 15.9. The summed E-state index contributed by atoms with van der Waals surface area (Å²) in [7, 11) is 1.83. The highest BCUT2D eigenvalue weighted by Gasteiger charge is 2.21. The van der Waals surface area contributed by atoms with Crippen LogP contribution in [-0.4, -0.2) is 50.0 Å². The molecule has 1 heterocycles. The zero-order chi connectivity index (χ0) is 19.9. The first kappa shape index (κ1) is 19.8. The molecule has 2 aromatic rings. The third-order valence-corrected chi connectivity index (χ3v) is 4.48. The first-order valence-corrected chi connectivity index (χ1v) is 9.28. The Labute approximate surface area is 163 Å². The summed E-state index contributed by atoms with van der Waals surface area (Å²) in [5.41, 5.74) is 1.47. The number of hydrogen-bond acceptors (Lipinski definition) is 4. The molecular formula is C21H24FN3O3. The second kappa shape index (κ2) is 9.32. The SMILES string of the molecule is CN(CCOc1ccc(F)cc1)CC(=O)Nc1cccc(N2CCCC2=O)c1. The molecule has 6 nitrogen and oxygen atoms in total. The van der Waals surface area contributed by atoms with Crippen LogP contribution >= 0.6 is 0 Å². The van der Waals surface area contributed by atoms with Gasteiger partial charge in [-0.25, -0.2) is 4.39 Å². The van der Waals surface area contributed by atoms with Crippen molar-refractivity contribution in [2.45, 2.75) is 12.8 Å². The van der Waals surface area contributed by atoms with E-state index in [2.05, 4.69) is 5.32 Å². The monoisotopic (exact) mass is 385 g/mol. The van der Waals surface area contributed by atoms with Crippen molar-refractivity contribution in [2.24, 2.45) is 0 Å². The minimum absolute atomic E-state index is 0.115. The molecule has 1 saturated heterocycles. The lowest BCUT2D eigenvalue weighted by atomic mass is 10.2. The van der Waals surface area contributed by atoms with Gasteiger partial charge < -0.3 is 15.0 Å². The van der Waals surface area contributed by atoms with Crippen molar-refractivity contribution in [1.29, 1.82) is 0 Å². The van der Waals surface area contributed by atoms with Crippen LogP contribution < -0.4 is 15.0 Å². The minimum atomic E-state index is -0.306. The molecule has 0 spiro atoms. The van der Waals surface area contributed by atoms with Gasteiger partial charge in [0.25, 0.3) is 0 Å². The second-order valence-electron chi connectivity index (χ2n) is 6.79. The number of benzene rings is 2. The van der Waals surface area contributed by atoms with E-state index in [0.29, 0.717) is 37.6 Å². The van der Waals surface area contributed by atoms with Crippen LogP contribution in [0.25, 0.3) is 0 Å². The molecule has 148 valence electrons.